The molecule has 1 aliphatic heterocycles. The molecule has 1 fully saturated rings. The number of carbonyl (C=O) groups excluding carboxylic acids is 2. The summed E-state index contributed by atoms with van der Waals surface area (Å²) >= 11 is 0. The summed E-state index contributed by atoms with van der Waals surface area (Å²) in [6.45, 7) is 5.55. The first-order valence-electron chi connectivity index (χ1n) is 16.9. The van der Waals surface area contributed by atoms with Gasteiger partial charge in [0.05, 0.1) is 18.1 Å². The molecule has 2 aliphatic rings. The number of ketones is 2. The summed E-state index contributed by atoms with van der Waals surface area (Å²) in [6, 6.07) is 15.8. The predicted molar refractivity (Wildman–Crippen MR) is 189 cm³/mol. The zero-order valence-corrected chi connectivity index (χ0v) is 28.0. The minimum absolute atomic E-state index is 0.0119. The number of carbonyl (C=O) groups is 2. The molecule has 1 heterocycles. The predicted octanol–water partition coefficient (Wildman–Crippen LogP) is 4.50. The van der Waals surface area contributed by atoms with Crippen LogP contribution in [0.2, 0.25) is 0 Å². The third kappa shape index (κ3) is 8.58. The average Bonchev–Trinajstić information content (AvgIpc) is 3.12. The van der Waals surface area contributed by atoms with Crippen LogP contribution in [0.3, 0.4) is 0 Å². The van der Waals surface area contributed by atoms with E-state index in [2.05, 4.69) is 15.3 Å². The topological polar surface area (TPSA) is 214 Å². The second kappa shape index (κ2) is 17.1. The second-order valence-corrected chi connectivity index (χ2v) is 12.5. The molecule has 1 saturated heterocycles. The number of phenolic OH excluding ortho intramolecular Hbond substituents is 1. The SMILES string of the molecule is N=NC1=C(NCCc2ccc(-c3ccc(CCCN4CCOCC4)cc3O)cc2)C(=O)c2cc(N(N)CCCCCN)c([N+](=O)[O-])cc2C1=O. The number of allylic oxidation sites excluding steroid dienone is 2. The highest BCUT2D eigenvalue weighted by molar-refractivity contribution is 6.27. The van der Waals surface area contributed by atoms with Gasteiger partial charge in [0.1, 0.15) is 17.1 Å². The fourth-order valence-electron chi connectivity index (χ4n) is 6.30. The molecule has 0 spiro atoms. The molecule has 0 atom stereocenters. The highest BCUT2D eigenvalue weighted by Crippen LogP contribution is 2.36. The molecule has 0 unspecified atom stereocenters. The molecule has 0 bridgehead atoms. The minimum atomic E-state index is -0.759. The van der Waals surface area contributed by atoms with Gasteiger partial charge in [-0.15, -0.1) is 0 Å². The molecule has 50 heavy (non-hydrogen) atoms. The van der Waals surface area contributed by atoms with Gasteiger partial charge in [-0.25, -0.2) is 11.4 Å². The number of nitrogens with two attached hydrogens (primary N) is 2. The lowest BCUT2D eigenvalue weighted by atomic mass is 9.89. The van der Waals surface area contributed by atoms with Crippen molar-refractivity contribution in [2.24, 2.45) is 16.7 Å². The van der Waals surface area contributed by atoms with E-state index in [4.69, 9.17) is 21.8 Å². The molecule has 0 amide bonds. The smallest absolute Gasteiger partial charge is 0.294 e. The molecule has 264 valence electrons. The number of ether oxygens (including phenoxy) is 1. The monoisotopic (exact) mass is 684 g/mol. The Kier molecular flexibility index (Phi) is 12.4. The number of nitro groups is 1. The Balaban J connectivity index is 1.22. The zero-order chi connectivity index (χ0) is 35.6. The number of aryl methyl sites for hydroxylation is 1. The molecular formula is C36H44N8O6. The summed E-state index contributed by atoms with van der Waals surface area (Å²) in [5, 5.41) is 30.2. The first-order chi connectivity index (χ1) is 24.2. The standard InChI is InChI=1S/C36H44N8O6/c37-13-2-1-3-16-43(39)30-22-28-29(23-31(30)44(48)49)36(47)34(41-38)33(35(28)46)40-14-12-24-6-9-26(10-7-24)27-11-8-25(21-32(27)45)5-4-15-42-17-19-50-20-18-42/h6-11,21-23,38,40,45H,1-5,12-20,37,39H2. The quantitative estimate of drug-likeness (QED) is 0.0439. The first-order valence-corrected chi connectivity index (χ1v) is 16.9. The fourth-order valence-corrected chi connectivity index (χ4v) is 6.30. The number of nitrogens with one attached hydrogen (secondary N) is 2. The van der Waals surface area contributed by atoms with Gasteiger partial charge in [-0.05, 0) is 74.0 Å². The summed E-state index contributed by atoms with van der Waals surface area (Å²) in [5.74, 6) is 5.03. The summed E-state index contributed by atoms with van der Waals surface area (Å²) < 4.78 is 5.41. The van der Waals surface area contributed by atoms with E-state index in [1.165, 1.54) is 11.1 Å². The molecule has 0 aromatic heterocycles. The Labute approximate surface area is 290 Å². The van der Waals surface area contributed by atoms with Crippen LogP contribution in [0.1, 0.15) is 57.5 Å². The molecule has 3 aromatic carbocycles. The van der Waals surface area contributed by atoms with Crippen molar-refractivity contribution in [3.8, 4) is 16.9 Å². The van der Waals surface area contributed by atoms with E-state index in [0.29, 0.717) is 19.4 Å². The third-order valence-corrected chi connectivity index (χ3v) is 9.09. The molecule has 7 N–H and O–H groups in total. The largest absolute Gasteiger partial charge is 0.507 e. The summed E-state index contributed by atoms with van der Waals surface area (Å²) in [4.78, 5) is 40.6. The van der Waals surface area contributed by atoms with Crippen molar-refractivity contribution in [1.82, 2.24) is 10.2 Å². The van der Waals surface area contributed by atoms with Gasteiger partial charge < -0.3 is 25.9 Å². The number of nitro benzene ring substituents is 1. The summed E-state index contributed by atoms with van der Waals surface area (Å²) in [7, 11) is 0. The number of hydrazine groups is 1. The second-order valence-electron chi connectivity index (χ2n) is 12.5. The number of Topliss-reactive ketones (excluding diaryl/α,β-unsaturated/α-hetero) is 2. The van der Waals surface area contributed by atoms with Crippen molar-refractivity contribution in [2.45, 2.75) is 38.5 Å². The van der Waals surface area contributed by atoms with Crippen molar-refractivity contribution in [1.29, 1.82) is 5.53 Å². The number of rotatable bonds is 17. The number of aromatic hydroxyl groups is 1. The van der Waals surface area contributed by atoms with Crippen LogP contribution in [-0.4, -0.2) is 79.0 Å². The maximum Gasteiger partial charge on any atom is 0.294 e. The van der Waals surface area contributed by atoms with Gasteiger partial charge >= 0.3 is 0 Å². The Morgan fingerprint density at radius 1 is 0.940 bits per heavy atom. The van der Waals surface area contributed by atoms with E-state index < -0.39 is 27.9 Å². The van der Waals surface area contributed by atoms with Gasteiger partial charge in [-0.1, -0.05) is 42.8 Å². The molecular weight excluding hydrogens is 640 g/mol. The normalized spacial score (nSPS) is 14.8. The van der Waals surface area contributed by atoms with E-state index in [0.717, 1.165) is 86.9 Å². The van der Waals surface area contributed by atoms with Crippen LogP contribution in [0.25, 0.3) is 11.1 Å². The highest BCUT2D eigenvalue weighted by atomic mass is 16.6. The number of unbranched alkanes of at least 4 members (excludes halogenated alkanes) is 2. The van der Waals surface area contributed by atoms with E-state index in [1.807, 2.05) is 42.5 Å². The van der Waals surface area contributed by atoms with Crippen LogP contribution in [0.4, 0.5) is 11.4 Å². The molecule has 5 rings (SSSR count). The van der Waals surface area contributed by atoms with Gasteiger partial charge in [-0.2, -0.15) is 5.11 Å². The van der Waals surface area contributed by atoms with Crippen LogP contribution in [0.5, 0.6) is 5.75 Å². The Bertz CT molecular complexity index is 1750. The van der Waals surface area contributed by atoms with Gasteiger partial charge in [0.15, 0.2) is 5.70 Å². The lowest BCUT2D eigenvalue weighted by Crippen LogP contribution is -2.36. The minimum Gasteiger partial charge on any atom is -0.507 e. The third-order valence-electron chi connectivity index (χ3n) is 9.09. The number of morpholine rings is 1. The van der Waals surface area contributed by atoms with E-state index >= 15 is 0 Å². The molecule has 14 heteroatoms. The molecule has 0 saturated carbocycles. The molecule has 3 aromatic rings. The Hall–Kier alpha value is -5.02. The highest BCUT2D eigenvalue weighted by Gasteiger charge is 2.36. The number of fused-ring (bicyclic) bond motifs is 1. The Morgan fingerprint density at radius 2 is 1.66 bits per heavy atom. The number of hydrogen-bond donors (Lipinski definition) is 5. The van der Waals surface area contributed by atoms with E-state index in [-0.39, 0.29) is 41.4 Å². The van der Waals surface area contributed by atoms with Crippen LogP contribution in [0, 0.1) is 15.6 Å². The van der Waals surface area contributed by atoms with Crippen molar-refractivity contribution in [3.05, 3.63) is 98.4 Å². The number of benzene rings is 3. The van der Waals surface area contributed by atoms with Crippen LogP contribution < -0.4 is 21.9 Å². The van der Waals surface area contributed by atoms with Crippen LogP contribution in [0.15, 0.2) is 71.1 Å². The molecule has 0 radical (unpaired) electrons. The van der Waals surface area contributed by atoms with Gasteiger partial charge in [0, 0.05) is 48.9 Å². The number of anilines is 1. The average molecular weight is 685 g/mol. The maximum atomic E-state index is 13.6. The van der Waals surface area contributed by atoms with Crippen LogP contribution in [-0.2, 0) is 17.6 Å². The lowest BCUT2D eigenvalue weighted by Gasteiger charge is -2.26. The number of phenols is 1. The number of hydrogen-bond acceptors (Lipinski definition) is 13. The zero-order valence-electron chi connectivity index (χ0n) is 28.0. The van der Waals surface area contributed by atoms with Crippen molar-refractivity contribution in [2.75, 3.05) is 57.5 Å². The van der Waals surface area contributed by atoms with Gasteiger partial charge in [0.2, 0.25) is 11.6 Å². The van der Waals surface area contributed by atoms with Crippen molar-refractivity contribution in [3.63, 3.8) is 0 Å². The van der Waals surface area contributed by atoms with Crippen molar-refractivity contribution < 1.29 is 24.4 Å². The summed E-state index contributed by atoms with van der Waals surface area (Å²) in [5.41, 5.74) is 15.6. The van der Waals surface area contributed by atoms with E-state index in [9.17, 15) is 24.8 Å². The summed E-state index contributed by atoms with van der Waals surface area (Å²) in [6.07, 6.45) is 4.55. The lowest BCUT2D eigenvalue weighted by molar-refractivity contribution is -0.384. The molecule has 1 aliphatic carbocycles. The van der Waals surface area contributed by atoms with Crippen LogP contribution >= 0.6 is 0 Å². The fraction of sp³-hybridized carbons (Fsp3) is 0.389. The maximum absolute atomic E-state index is 13.6. The van der Waals surface area contributed by atoms with E-state index in [1.54, 1.807) is 0 Å². The Morgan fingerprint density at radius 3 is 2.34 bits per heavy atom. The first kappa shape index (κ1) is 36.3. The van der Waals surface area contributed by atoms with Gasteiger partial charge in [0.25, 0.3) is 5.69 Å². The van der Waals surface area contributed by atoms with Crippen molar-refractivity contribution >= 4 is 22.9 Å². The van der Waals surface area contributed by atoms with Gasteiger partial charge in [-0.3, -0.25) is 24.6 Å². The number of nitrogens with zero attached hydrogens (tertiary/aromatic N) is 4. The molecule has 14 nitrogen and oxygen atoms in total.